The van der Waals surface area contributed by atoms with E-state index >= 15 is 0 Å². The maximum Gasteiger partial charge on any atom is 0.263 e. The number of aromatic amines is 1. The van der Waals surface area contributed by atoms with E-state index in [0.717, 1.165) is 5.56 Å². The monoisotopic (exact) mass is 400 g/mol. The van der Waals surface area contributed by atoms with Gasteiger partial charge in [-0.05, 0) is 23.8 Å². The van der Waals surface area contributed by atoms with E-state index in [0.29, 0.717) is 38.2 Å². The third kappa shape index (κ3) is 3.48. The van der Waals surface area contributed by atoms with Crippen LogP contribution in [-0.2, 0) is 12.8 Å². The molecule has 2 aromatic heterocycles. The van der Waals surface area contributed by atoms with Gasteiger partial charge in [0.2, 0.25) is 0 Å². The molecular formula is C19H14ClFN4OS. The number of hydrogen-bond donors (Lipinski definition) is 1. The highest BCUT2D eigenvalue weighted by Crippen LogP contribution is 2.31. The molecule has 0 atom stereocenters. The molecule has 0 spiro atoms. The summed E-state index contributed by atoms with van der Waals surface area (Å²) >= 11 is 7.59. The zero-order valence-corrected chi connectivity index (χ0v) is 15.8. The molecule has 8 heteroatoms. The second kappa shape index (κ2) is 7.17. The lowest BCUT2D eigenvalue weighted by atomic mass is 10.1. The van der Waals surface area contributed by atoms with Crippen LogP contribution in [0, 0.1) is 5.82 Å². The first kappa shape index (κ1) is 17.8. The zero-order valence-electron chi connectivity index (χ0n) is 14.2. The maximum absolute atomic E-state index is 13.3. The molecule has 2 aromatic carbocycles. The highest BCUT2D eigenvalue weighted by Gasteiger charge is 2.18. The summed E-state index contributed by atoms with van der Waals surface area (Å²) < 4.78 is 14.9. The summed E-state index contributed by atoms with van der Waals surface area (Å²) in [5.41, 5.74) is 2.16. The minimum atomic E-state index is -0.291. The van der Waals surface area contributed by atoms with Gasteiger partial charge in [-0.1, -0.05) is 53.7 Å². The Morgan fingerprint density at radius 3 is 2.81 bits per heavy atom. The lowest BCUT2D eigenvalue weighted by Crippen LogP contribution is -2.10. The summed E-state index contributed by atoms with van der Waals surface area (Å²) in [6.07, 6.45) is 0. The number of rotatable bonds is 4. The van der Waals surface area contributed by atoms with Crippen LogP contribution in [0.2, 0.25) is 5.02 Å². The number of halogens is 2. The molecule has 2 heterocycles. The Balaban J connectivity index is 1.73. The third-order valence-electron chi connectivity index (χ3n) is 4.07. The molecule has 0 fully saturated rings. The SMILES string of the molecule is Cn1nc(-c2ccccc2Cl)c2c(=O)[nH]c(SCc3cccc(F)c3)nc21. The molecule has 4 aromatic rings. The Hall–Kier alpha value is -2.64. The van der Waals surface area contributed by atoms with Crippen LogP contribution in [0.25, 0.3) is 22.3 Å². The summed E-state index contributed by atoms with van der Waals surface area (Å²) in [5.74, 6) is 0.197. The fourth-order valence-corrected chi connectivity index (χ4v) is 3.85. The summed E-state index contributed by atoms with van der Waals surface area (Å²) in [5, 5.41) is 5.80. The predicted molar refractivity (Wildman–Crippen MR) is 106 cm³/mol. The normalized spacial score (nSPS) is 11.2. The Morgan fingerprint density at radius 1 is 1.22 bits per heavy atom. The van der Waals surface area contributed by atoms with Gasteiger partial charge >= 0.3 is 0 Å². The lowest BCUT2D eigenvalue weighted by Gasteiger charge is -2.03. The summed E-state index contributed by atoms with van der Waals surface area (Å²) in [7, 11) is 1.73. The van der Waals surface area contributed by atoms with Crippen molar-refractivity contribution < 1.29 is 4.39 Å². The highest BCUT2D eigenvalue weighted by molar-refractivity contribution is 7.98. The minimum Gasteiger partial charge on any atom is -0.301 e. The van der Waals surface area contributed by atoms with Crippen LogP contribution in [0.4, 0.5) is 4.39 Å². The number of benzene rings is 2. The molecule has 27 heavy (non-hydrogen) atoms. The first-order valence-electron chi connectivity index (χ1n) is 8.12. The number of fused-ring (bicyclic) bond motifs is 1. The molecule has 0 saturated heterocycles. The van der Waals surface area contributed by atoms with Crippen LogP contribution >= 0.6 is 23.4 Å². The van der Waals surface area contributed by atoms with Gasteiger partial charge in [-0.15, -0.1) is 0 Å². The fourth-order valence-electron chi connectivity index (χ4n) is 2.82. The lowest BCUT2D eigenvalue weighted by molar-refractivity contribution is 0.626. The molecule has 4 rings (SSSR count). The number of nitrogens with one attached hydrogen (secondary N) is 1. The quantitative estimate of drug-likeness (QED) is 0.407. The molecule has 0 radical (unpaired) electrons. The zero-order chi connectivity index (χ0) is 19.0. The van der Waals surface area contributed by atoms with Gasteiger partial charge in [0.25, 0.3) is 5.56 Å². The molecule has 0 amide bonds. The van der Waals surface area contributed by atoms with Crippen LogP contribution < -0.4 is 5.56 Å². The first-order valence-corrected chi connectivity index (χ1v) is 9.48. The summed E-state index contributed by atoms with van der Waals surface area (Å²) in [6.45, 7) is 0. The van der Waals surface area contributed by atoms with Gasteiger partial charge in [0, 0.05) is 18.4 Å². The van der Waals surface area contributed by atoms with Gasteiger partial charge in [0.05, 0.1) is 5.02 Å². The van der Waals surface area contributed by atoms with Gasteiger partial charge in [-0.25, -0.2) is 14.1 Å². The van der Waals surface area contributed by atoms with Crippen molar-refractivity contribution in [1.29, 1.82) is 0 Å². The average molecular weight is 401 g/mol. The number of H-pyrrole nitrogens is 1. The molecule has 0 aliphatic carbocycles. The number of nitrogens with zero attached hydrogens (tertiary/aromatic N) is 3. The molecule has 0 aliphatic heterocycles. The van der Waals surface area contributed by atoms with E-state index in [9.17, 15) is 9.18 Å². The second-order valence-corrected chi connectivity index (χ2v) is 7.31. The molecule has 0 bridgehead atoms. The van der Waals surface area contributed by atoms with Crippen molar-refractivity contribution in [3.05, 3.63) is 75.3 Å². The minimum absolute atomic E-state index is 0.287. The third-order valence-corrected chi connectivity index (χ3v) is 5.34. The Labute approximate surface area is 163 Å². The van der Waals surface area contributed by atoms with Gasteiger partial charge in [0.15, 0.2) is 10.8 Å². The van der Waals surface area contributed by atoms with E-state index in [4.69, 9.17) is 11.6 Å². The van der Waals surface area contributed by atoms with Crippen molar-refractivity contribution >= 4 is 34.4 Å². The number of aromatic nitrogens is 4. The maximum atomic E-state index is 13.3. The van der Waals surface area contributed by atoms with E-state index in [2.05, 4.69) is 15.1 Å². The standard InChI is InChI=1S/C19H14ClFN4OS/c1-25-17-15(16(24-25)13-7-2-3-8-14(13)20)18(26)23-19(22-17)27-10-11-5-4-6-12(21)9-11/h2-9H,10H2,1H3,(H,22,23,26). The van der Waals surface area contributed by atoms with Gasteiger partial charge in [0.1, 0.15) is 16.9 Å². The molecule has 0 unspecified atom stereocenters. The van der Waals surface area contributed by atoms with E-state index in [1.807, 2.05) is 24.3 Å². The van der Waals surface area contributed by atoms with Crippen molar-refractivity contribution in [3.63, 3.8) is 0 Å². The Kier molecular flexibility index (Phi) is 4.72. The highest BCUT2D eigenvalue weighted by atomic mass is 35.5. The number of hydrogen-bond acceptors (Lipinski definition) is 4. The molecular weight excluding hydrogens is 387 g/mol. The van der Waals surface area contributed by atoms with Crippen molar-refractivity contribution in [2.45, 2.75) is 10.9 Å². The van der Waals surface area contributed by atoms with Gasteiger partial charge in [-0.3, -0.25) is 4.79 Å². The van der Waals surface area contributed by atoms with Crippen molar-refractivity contribution in [2.24, 2.45) is 7.05 Å². The smallest absolute Gasteiger partial charge is 0.263 e. The summed E-state index contributed by atoms with van der Waals surface area (Å²) in [6, 6.07) is 13.6. The second-order valence-electron chi connectivity index (χ2n) is 5.94. The average Bonchev–Trinajstić information content (AvgIpc) is 2.98. The van der Waals surface area contributed by atoms with Crippen molar-refractivity contribution in [3.8, 4) is 11.3 Å². The molecule has 1 N–H and O–H groups in total. The van der Waals surface area contributed by atoms with E-state index in [1.54, 1.807) is 23.9 Å². The van der Waals surface area contributed by atoms with Crippen LogP contribution in [0.1, 0.15) is 5.56 Å². The summed E-state index contributed by atoms with van der Waals surface area (Å²) in [4.78, 5) is 20.0. The largest absolute Gasteiger partial charge is 0.301 e. The van der Waals surface area contributed by atoms with Crippen LogP contribution in [0.5, 0.6) is 0 Å². The Bertz CT molecular complexity index is 1200. The Morgan fingerprint density at radius 2 is 2.04 bits per heavy atom. The number of aryl methyl sites for hydroxylation is 1. The van der Waals surface area contributed by atoms with Gasteiger partial charge < -0.3 is 4.98 Å². The number of thioether (sulfide) groups is 1. The van der Waals surface area contributed by atoms with E-state index in [-0.39, 0.29) is 11.4 Å². The molecule has 5 nitrogen and oxygen atoms in total. The van der Waals surface area contributed by atoms with Crippen LogP contribution in [0.15, 0.2) is 58.5 Å². The fraction of sp³-hybridized carbons (Fsp3) is 0.105. The molecule has 0 saturated carbocycles. The molecule has 136 valence electrons. The van der Waals surface area contributed by atoms with Gasteiger partial charge in [-0.2, -0.15) is 5.10 Å². The van der Waals surface area contributed by atoms with Crippen molar-refractivity contribution in [1.82, 2.24) is 19.7 Å². The van der Waals surface area contributed by atoms with E-state index in [1.165, 1.54) is 23.9 Å². The predicted octanol–water partition coefficient (Wildman–Crippen LogP) is 4.41. The first-order chi connectivity index (χ1) is 13.0. The topological polar surface area (TPSA) is 63.6 Å². The molecule has 0 aliphatic rings. The van der Waals surface area contributed by atoms with Crippen molar-refractivity contribution in [2.75, 3.05) is 0 Å². The van der Waals surface area contributed by atoms with Crippen LogP contribution in [-0.4, -0.2) is 19.7 Å². The van der Waals surface area contributed by atoms with E-state index < -0.39 is 0 Å². The van der Waals surface area contributed by atoms with Crippen LogP contribution in [0.3, 0.4) is 0 Å².